The zero-order valence-corrected chi connectivity index (χ0v) is 23.9. The minimum absolute atomic E-state index is 0.390. The highest BCUT2D eigenvalue weighted by Gasteiger charge is 2.40. The lowest BCUT2D eigenvalue weighted by Gasteiger charge is -2.34. The first kappa shape index (κ1) is 27.5. The zero-order valence-electron chi connectivity index (χ0n) is 23.9. The fourth-order valence-corrected chi connectivity index (χ4v) is 5.82. The number of fused-ring (bicyclic) bond motifs is 3. The summed E-state index contributed by atoms with van der Waals surface area (Å²) in [5.74, 6) is -0.374. The maximum atomic E-state index is 12.6. The molecule has 0 fully saturated rings. The Morgan fingerprint density at radius 3 is 2.70 bits per heavy atom. The quantitative estimate of drug-likeness (QED) is 0.244. The summed E-state index contributed by atoms with van der Waals surface area (Å²) in [6, 6.07) is 18.5. The smallest absolute Gasteiger partial charge is 0.310 e. The molecule has 0 bridgehead atoms. The number of carbonyl (C=O) groups is 1. The molecule has 4 N–H and O–H groups in total. The summed E-state index contributed by atoms with van der Waals surface area (Å²) >= 11 is 0. The van der Waals surface area contributed by atoms with Crippen molar-refractivity contribution in [3.05, 3.63) is 94.3 Å². The summed E-state index contributed by atoms with van der Waals surface area (Å²) < 4.78 is 6.21. The minimum Gasteiger partial charge on any atom is -0.490 e. The summed E-state index contributed by atoms with van der Waals surface area (Å²) in [6.45, 7) is 10.4. The third-order valence-corrected chi connectivity index (χ3v) is 8.36. The van der Waals surface area contributed by atoms with Gasteiger partial charge in [0.05, 0.1) is 22.5 Å². The zero-order chi connectivity index (χ0) is 28.6. The van der Waals surface area contributed by atoms with E-state index >= 15 is 0 Å². The van der Waals surface area contributed by atoms with E-state index in [1.165, 1.54) is 0 Å². The fraction of sp³-hybridized carbons (Fsp3) is 0.333. The Hall–Kier alpha value is -4.10. The van der Waals surface area contributed by atoms with Crippen LogP contribution < -0.4 is 15.8 Å². The van der Waals surface area contributed by atoms with Crippen molar-refractivity contribution in [2.75, 3.05) is 31.2 Å². The van der Waals surface area contributed by atoms with Gasteiger partial charge in [-0.05, 0) is 61.6 Å². The van der Waals surface area contributed by atoms with Crippen molar-refractivity contribution in [2.24, 2.45) is 5.41 Å². The van der Waals surface area contributed by atoms with Crippen molar-refractivity contribution in [1.82, 2.24) is 9.88 Å². The summed E-state index contributed by atoms with van der Waals surface area (Å²) in [7, 11) is 1.83. The molecule has 1 atom stereocenters. The summed E-state index contributed by atoms with van der Waals surface area (Å²) in [5.41, 5.74) is 12.9. The van der Waals surface area contributed by atoms with E-state index in [0.29, 0.717) is 25.4 Å². The van der Waals surface area contributed by atoms with Gasteiger partial charge in [0.15, 0.2) is 0 Å². The van der Waals surface area contributed by atoms with Crippen LogP contribution in [0.3, 0.4) is 0 Å². The van der Waals surface area contributed by atoms with Crippen LogP contribution in [-0.2, 0) is 17.9 Å². The maximum Gasteiger partial charge on any atom is 0.310 e. The van der Waals surface area contributed by atoms with Crippen LogP contribution in [0.5, 0.6) is 5.75 Å². The molecular weight excluding hydrogens is 500 g/mol. The third kappa shape index (κ3) is 4.97. The monoisotopic (exact) mass is 538 g/mol. The fourth-order valence-electron chi connectivity index (χ4n) is 5.82. The van der Waals surface area contributed by atoms with Crippen molar-refractivity contribution >= 4 is 28.1 Å². The van der Waals surface area contributed by atoms with Gasteiger partial charge in [-0.1, -0.05) is 48.5 Å². The highest BCUT2D eigenvalue weighted by molar-refractivity contribution is 5.88. The number of pyridine rings is 1. The lowest BCUT2D eigenvalue weighted by atomic mass is 9.69. The SMILES string of the molecule is CNc1ccc(C(c2ccc(C)c(CN3CCOc4c(ncc5ccccc45)C3)c2)C(C)(C)C(=O)O)c(C)c1N. The molecular formula is C33H38N4O3. The number of hydrogen-bond donors (Lipinski definition) is 3. The van der Waals surface area contributed by atoms with Crippen LogP contribution in [0.4, 0.5) is 11.4 Å². The number of carboxylic acid groups (broad SMARTS) is 1. The molecule has 7 nitrogen and oxygen atoms in total. The van der Waals surface area contributed by atoms with Crippen molar-refractivity contribution in [3.8, 4) is 5.75 Å². The second-order valence-corrected chi connectivity index (χ2v) is 11.3. The molecule has 2 heterocycles. The molecule has 0 saturated carbocycles. The number of anilines is 2. The highest BCUT2D eigenvalue weighted by Crippen LogP contribution is 2.45. The van der Waals surface area contributed by atoms with Crippen LogP contribution in [0.2, 0.25) is 0 Å². The van der Waals surface area contributed by atoms with Gasteiger partial charge in [-0.3, -0.25) is 14.7 Å². The van der Waals surface area contributed by atoms with Gasteiger partial charge < -0.3 is 20.9 Å². The number of benzene rings is 3. The molecule has 5 rings (SSSR count). The molecule has 0 radical (unpaired) electrons. The van der Waals surface area contributed by atoms with Gasteiger partial charge in [-0.25, -0.2) is 0 Å². The van der Waals surface area contributed by atoms with Gasteiger partial charge in [0.2, 0.25) is 0 Å². The number of aliphatic carboxylic acids is 1. The van der Waals surface area contributed by atoms with Crippen molar-refractivity contribution in [1.29, 1.82) is 0 Å². The summed E-state index contributed by atoms with van der Waals surface area (Å²) in [5, 5.41) is 15.6. The number of nitrogen functional groups attached to an aromatic ring is 1. The van der Waals surface area contributed by atoms with Crippen LogP contribution in [0.15, 0.2) is 60.8 Å². The lowest BCUT2D eigenvalue weighted by Crippen LogP contribution is -2.33. The molecule has 4 aromatic rings. The molecule has 208 valence electrons. The average Bonchev–Trinajstić information content (AvgIpc) is 3.15. The average molecular weight is 539 g/mol. The van der Waals surface area contributed by atoms with Crippen LogP contribution in [0, 0.1) is 19.3 Å². The van der Waals surface area contributed by atoms with Gasteiger partial charge in [0.1, 0.15) is 12.4 Å². The number of carboxylic acids is 1. The van der Waals surface area contributed by atoms with E-state index in [-0.39, 0.29) is 0 Å². The van der Waals surface area contributed by atoms with Gasteiger partial charge in [0.25, 0.3) is 0 Å². The molecule has 1 aliphatic rings. The van der Waals surface area contributed by atoms with Crippen molar-refractivity contribution in [2.45, 2.75) is 46.7 Å². The van der Waals surface area contributed by atoms with E-state index in [9.17, 15) is 9.90 Å². The van der Waals surface area contributed by atoms with Crippen molar-refractivity contribution in [3.63, 3.8) is 0 Å². The van der Waals surface area contributed by atoms with E-state index in [1.54, 1.807) is 13.8 Å². The van der Waals surface area contributed by atoms with Gasteiger partial charge in [-0.15, -0.1) is 0 Å². The topological polar surface area (TPSA) is 101 Å². The molecule has 40 heavy (non-hydrogen) atoms. The molecule has 1 unspecified atom stereocenters. The Labute approximate surface area is 236 Å². The molecule has 1 aliphatic heterocycles. The number of rotatable bonds is 7. The molecule has 0 aliphatic carbocycles. The molecule has 1 aromatic heterocycles. The maximum absolute atomic E-state index is 12.6. The first-order chi connectivity index (χ1) is 19.1. The Kier molecular flexibility index (Phi) is 7.43. The molecule has 3 aromatic carbocycles. The summed E-state index contributed by atoms with van der Waals surface area (Å²) in [6.07, 6.45) is 1.92. The predicted octanol–water partition coefficient (Wildman–Crippen LogP) is 6.11. The van der Waals surface area contributed by atoms with Crippen LogP contribution >= 0.6 is 0 Å². The van der Waals surface area contributed by atoms with E-state index in [2.05, 4.69) is 47.5 Å². The molecule has 0 amide bonds. The molecule has 7 heteroatoms. The van der Waals surface area contributed by atoms with E-state index < -0.39 is 17.3 Å². The Balaban J connectivity index is 1.52. The van der Waals surface area contributed by atoms with Gasteiger partial charge in [0, 0.05) is 49.6 Å². The standard InChI is InChI=1S/C33H38N4O3/c1-20-10-11-22(29(33(3,4)32(38)39)25-12-13-27(35-5)30(34)21(25)2)16-24(20)18-37-14-15-40-31-26-9-7-6-8-23(26)17-36-28(31)19-37/h6-13,16-17,29,35H,14-15,18-19,34H2,1-5H3,(H,38,39). The number of aromatic nitrogens is 1. The Morgan fingerprint density at radius 1 is 1.18 bits per heavy atom. The first-order valence-electron chi connectivity index (χ1n) is 13.7. The summed E-state index contributed by atoms with van der Waals surface area (Å²) in [4.78, 5) is 19.7. The Morgan fingerprint density at radius 2 is 1.95 bits per heavy atom. The number of aryl methyl sites for hydroxylation is 1. The predicted molar refractivity (Wildman–Crippen MR) is 161 cm³/mol. The second-order valence-electron chi connectivity index (χ2n) is 11.3. The third-order valence-electron chi connectivity index (χ3n) is 8.36. The van der Waals surface area contributed by atoms with Crippen molar-refractivity contribution < 1.29 is 14.6 Å². The van der Waals surface area contributed by atoms with E-state index in [0.717, 1.165) is 62.3 Å². The number of nitrogens with two attached hydrogens (primary N) is 1. The van der Waals surface area contributed by atoms with E-state index in [4.69, 9.17) is 15.5 Å². The largest absolute Gasteiger partial charge is 0.490 e. The number of nitrogens with one attached hydrogen (secondary N) is 1. The Bertz CT molecular complexity index is 1580. The number of nitrogens with zero attached hydrogens (tertiary/aromatic N) is 2. The molecule has 0 saturated heterocycles. The van der Waals surface area contributed by atoms with Crippen LogP contribution in [0.25, 0.3) is 10.8 Å². The van der Waals surface area contributed by atoms with Gasteiger partial charge >= 0.3 is 5.97 Å². The van der Waals surface area contributed by atoms with Crippen LogP contribution in [-0.4, -0.2) is 41.2 Å². The van der Waals surface area contributed by atoms with E-state index in [1.807, 2.05) is 44.4 Å². The van der Waals surface area contributed by atoms with Gasteiger partial charge in [-0.2, -0.15) is 0 Å². The van der Waals surface area contributed by atoms with Crippen LogP contribution in [0.1, 0.15) is 53.3 Å². The normalized spacial score (nSPS) is 14.7. The molecule has 0 spiro atoms. The number of ether oxygens (including phenoxy) is 1. The second kappa shape index (κ2) is 10.8. The lowest BCUT2D eigenvalue weighted by molar-refractivity contribution is -0.147. The highest BCUT2D eigenvalue weighted by atomic mass is 16.5. The minimum atomic E-state index is -1.06. The first-order valence-corrected chi connectivity index (χ1v) is 13.7. The number of hydrogen-bond acceptors (Lipinski definition) is 6.